The van der Waals surface area contributed by atoms with Crippen LogP contribution in [0.2, 0.25) is 0 Å². The number of hydrogen-bond donors (Lipinski definition) is 2. The summed E-state index contributed by atoms with van der Waals surface area (Å²) in [4.78, 5) is 13.0. The van der Waals surface area contributed by atoms with E-state index in [0.29, 0.717) is 24.7 Å². The Morgan fingerprint density at radius 3 is 2.33 bits per heavy atom. The fourth-order valence-electron chi connectivity index (χ4n) is 3.30. The van der Waals surface area contributed by atoms with Crippen molar-refractivity contribution in [1.29, 1.82) is 0 Å². The van der Waals surface area contributed by atoms with Crippen LogP contribution >= 0.6 is 0 Å². The predicted molar refractivity (Wildman–Crippen MR) is 114 cm³/mol. The highest BCUT2D eigenvalue weighted by Crippen LogP contribution is 2.34. The van der Waals surface area contributed by atoms with Gasteiger partial charge in [0.2, 0.25) is 10.0 Å². The normalized spacial score (nSPS) is 14.6. The Balaban J connectivity index is 1.83. The molecule has 1 amide bonds. The first-order valence-corrected chi connectivity index (χ1v) is 11.5. The van der Waals surface area contributed by atoms with Crippen molar-refractivity contribution in [2.24, 2.45) is 5.92 Å². The number of carbonyl (C=O) groups is 1. The first kappa shape index (κ1) is 22.1. The molecule has 7 nitrogen and oxygen atoms in total. The fraction of sp³-hybridized carbons (Fsp3) is 0.409. The van der Waals surface area contributed by atoms with E-state index in [-0.39, 0.29) is 34.4 Å². The van der Waals surface area contributed by atoms with Crippen LogP contribution < -0.4 is 19.5 Å². The third kappa shape index (κ3) is 5.12. The summed E-state index contributed by atoms with van der Waals surface area (Å²) in [6, 6.07) is 11.2. The minimum Gasteiger partial charge on any atom is -0.486 e. The van der Waals surface area contributed by atoms with Gasteiger partial charge in [0.15, 0.2) is 11.5 Å². The zero-order valence-corrected chi connectivity index (χ0v) is 18.5. The van der Waals surface area contributed by atoms with Gasteiger partial charge in [-0.1, -0.05) is 26.0 Å². The summed E-state index contributed by atoms with van der Waals surface area (Å²) < 4.78 is 38.6. The van der Waals surface area contributed by atoms with E-state index in [1.165, 1.54) is 12.1 Å². The second-order valence-electron chi connectivity index (χ2n) is 7.90. The van der Waals surface area contributed by atoms with Crippen LogP contribution in [0.5, 0.6) is 11.5 Å². The van der Waals surface area contributed by atoms with Gasteiger partial charge in [-0.25, -0.2) is 13.1 Å². The summed E-state index contributed by atoms with van der Waals surface area (Å²) in [7, 11) is -3.68. The zero-order chi connectivity index (χ0) is 21.9. The number of amides is 1. The Hall–Kier alpha value is -2.58. The molecule has 0 unspecified atom stereocenters. The lowest BCUT2D eigenvalue weighted by Gasteiger charge is -2.25. The van der Waals surface area contributed by atoms with E-state index >= 15 is 0 Å². The van der Waals surface area contributed by atoms with E-state index in [1.54, 1.807) is 26.0 Å². The molecule has 0 aromatic heterocycles. The summed E-state index contributed by atoms with van der Waals surface area (Å²) >= 11 is 0. The van der Waals surface area contributed by atoms with Gasteiger partial charge < -0.3 is 14.8 Å². The van der Waals surface area contributed by atoms with Gasteiger partial charge in [-0.05, 0) is 55.7 Å². The van der Waals surface area contributed by atoms with Crippen LogP contribution in [-0.2, 0) is 10.0 Å². The molecule has 3 rings (SSSR count). The molecule has 1 aliphatic heterocycles. The van der Waals surface area contributed by atoms with Crippen molar-refractivity contribution >= 4 is 15.9 Å². The number of ether oxygens (including phenoxy) is 2. The highest BCUT2D eigenvalue weighted by atomic mass is 32.2. The van der Waals surface area contributed by atoms with Gasteiger partial charge in [0.05, 0.1) is 10.9 Å². The van der Waals surface area contributed by atoms with E-state index in [1.807, 2.05) is 32.0 Å². The highest BCUT2D eigenvalue weighted by molar-refractivity contribution is 7.89. The summed E-state index contributed by atoms with van der Waals surface area (Å²) in [6.07, 6.45) is 0. The largest absolute Gasteiger partial charge is 0.486 e. The topological polar surface area (TPSA) is 93.7 Å². The molecule has 1 heterocycles. The molecular weight excluding hydrogens is 404 g/mol. The lowest BCUT2D eigenvalue weighted by atomic mass is 9.95. The van der Waals surface area contributed by atoms with E-state index in [0.717, 1.165) is 5.56 Å². The van der Waals surface area contributed by atoms with Gasteiger partial charge >= 0.3 is 0 Å². The molecule has 0 saturated carbocycles. The molecule has 0 aliphatic carbocycles. The average Bonchev–Trinajstić information content (AvgIpc) is 2.70. The lowest BCUT2D eigenvalue weighted by molar-refractivity contribution is 0.0925. The van der Waals surface area contributed by atoms with E-state index in [9.17, 15) is 13.2 Å². The molecule has 30 heavy (non-hydrogen) atoms. The number of sulfonamides is 1. The van der Waals surface area contributed by atoms with Gasteiger partial charge in [-0.15, -0.1) is 0 Å². The number of nitrogens with one attached hydrogen (secondary N) is 2. The van der Waals surface area contributed by atoms with Crippen LogP contribution in [0.15, 0.2) is 47.4 Å². The molecule has 2 aromatic carbocycles. The van der Waals surface area contributed by atoms with E-state index < -0.39 is 10.0 Å². The van der Waals surface area contributed by atoms with Crippen molar-refractivity contribution in [3.05, 3.63) is 53.6 Å². The van der Waals surface area contributed by atoms with Crippen LogP contribution in [0.4, 0.5) is 0 Å². The van der Waals surface area contributed by atoms with Gasteiger partial charge in [-0.2, -0.15) is 0 Å². The summed E-state index contributed by atoms with van der Waals surface area (Å²) in [5.74, 6) is 1.11. The molecule has 1 aliphatic rings. The molecule has 0 fully saturated rings. The van der Waals surface area contributed by atoms with Crippen LogP contribution in [0.3, 0.4) is 0 Å². The number of fused-ring (bicyclic) bond motifs is 1. The minimum atomic E-state index is -3.68. The summed E-state index contributed by atoms with van der Waals surface area (Å²) in [6.45, 7) is 8.51. The molecule has 0 radical (unpaired) electrons. The highest BCUT2D eigenvalue weighted by Gasteiger charge is 2.23. The average molecular weight is 433 g/mol. The standard InChI is InChI=1S/C22H28N2O5S/c1-14(2)21(16-8-9-19-20(13-16)29-11-10-28-19)23-22(25)17-6-5-7-18(12-17)30(26,27)24-15(3)4/h5-9,12-15,21,24H,10-11H2,1-4H3,(H,23,25)/t21-/m1/s1. The number of carbonyl (C=O) groups excluding carboxylic acids is 1. The molecule has 8 heteroatoms. The molecule has 2 aromatic rings. The zero-order valence-electron chi connectivity index (χ0n) is 17.6. The Kier molecular flexibility index (Phi) is 6.67. The number of hydrogen-bond acceptors (Lipinski definition) is 5. The van der Waals surface area contributed by atoms with Gasteiger partial charge in [-0.3, -0.25) is 4.79 Å². The monoisotopic (exact) mass is 432 g/mol. The maximum atomic E-state index is 12.9. The number of rotatable bonds is 7. The molecule has 1 atom stereocenters. The fourth-order valence-corrected chi connectivity index (χ4v) is 4.59. The molecule has 162 valence electrons. The first-order valence-electron chi connectivity index (χ1n) is 10.00. The van der Waals surface area contributed by atoms with Crippen molar-refractivity contribution in [1.82, 2.24) is 10.0 Å². The lowest BCUT2D eigenvalue weighted by Crippen LogP contribution is -2.33. The third-order valence-electron chi connectivity index (χ3n) is 4.68. The Bertz CT molecular complexity index is 1020. The maximum absolute atomic E-state index is 12.9. The van der Waals surface area contributed by atoms with Crippen molar-refractivity contribution in [2.75, 3.05) is 13.2 Å². The first-order chi connectivity index (χ1) is 14.2. The quantitative estimate of drug-likeness (QED) is 0.700. The third-order valence-corrected chi connectivity index (χ3v) is 6.33. The SMILES string of the molecule is CC(C)NS(=O)(=O)c1cccc(C(=O)N[C@@H](c2ccc3c(c2)OCCO3)C(C)C)c1. The van der Waals surface area contributed by atoms with Crippen molar-refractivity contribution in [3.63, 3.8) is 0 Å². The van der Waals surface area contributed by atoms with Crippen LogP contribution in [0.25, 0.3) is 0 Å². The Morgan fingerprint density at radius 1 is 0.967 bits per heavy atom. The smallest absolute Gasteiger partial charge is 0.251 e. The summed E-state index contributed by atoms with van der Waals surface area (Å²) in [5, 5.41) is 3.02. The molecule has 2 N–H and O–H groups in total. The Labute approximate surface area is 177 Å². The molecular formula is C22H28N2O5S. The van der Waals surface area contributed by atoms with Gasteiger partial charge in [0.25, 0.3) is 5.91 Å². The number of benzene rings is 2. The molecule has 0 saturated heterocycles. The predicted octanol–water partition coefficient (Wildman–Crippen LogP) is 3.27. The van der Waals surface area contributed by atoms with Crippen LogP contribution in [0, 0.1) is 5.92 Å². The second kappa shape index (κ2) is 9.06. The van der Waals surface area contributed by atoms with E-state index in [4.69, 9.17) is 9.47 Å². The summed E-state index contributed by atoms with van der Waals surface area (Å²) in [5.41, 5.74) is 1.18. The van der Waals surface area contributed by atoms with Gasteiger partial charge in [0, 0.05) is 11.6 Å². The van der Waals surface area contributed by atoms with Crippen molar-refractivity contribution < 1.29 is 22.7 Å². The van der Waals surface area contributed by atoms with Crippen LogP contribution in [0.1, 0.15) is 49.7 Å². The van der Waals surface area contributed by atoms with Gasteiger partial charge in [0.1, 0.15) is 13.2 Å². The minimum absolute atomic E-state index is 0.0595. The second-order valence-corrected chi connectivity index (χ2v) is 9.62. The Morgan fingerprint density at radius 2 is 1.67 bits per heavy atom. The van der Waals surface area contributed by atoms with E-state index in [2.05, 4.69) is 10.0 Å². The van der Waals surface area contributed by atoms with Crippen molar-refractivity contribution in [3.8, 4) is 11.5 Å². The van der Waals surface area contributed by atoms with Crippen LogP contribution in [-0.4, -0.2) is 33.6 Å². The van der Waals surface area contributed by atoms with Crippen molar-refractivity contribution in [2.45, 2.75) is 44.7 Å². The maximum Gasteiger partial charge on any atom is 0.251 e. The molecule has 0 bridgehead atoms. The molecule has 0 spiro atoms.